The molecule has 3 heterocycles. The predicted molar refractivity (Wildman–Crippen MR) is 238 cm³/mol. The quantitative estimate of drug-likeness (QED) is 0.0622. The predicted octanol–water partition coefficient (Wildman–Crippen LogP) is 2.21. The van der Waals surface area contributed by atoms with Crippen molar-refractivity contribution in [3.63, 3.8) is 0 Å². The number of fused-ring (bicyclic) bond motifs is 7. The van der Waals surface area contributed by atoms with Crippen LogP contribution in [0.3, 0.4) is 0 Å². The first-order valence-electron chi connectivity index (χ1n) is 25.2. The van der Waals surface area contributed by atoms with E-state index < -0.39 is 103 Å². The van der Waals surface area contributed by atoms with Gasteiger partial charge in [0, 0.05) is 13.0 Å². The third-order valence-corrected chi connectivity index (χ3v) is 19.5. The van der Waals surface area contributed by atoms with Gasteiger partial charge in [-0.15, -0.1) is 0 Å². The van der Waals surface area contributed by atoms with E-state index in [1.54, 1.807) is 0 Å². The van der Waals surface area contributed by atoms with Gasteiger partial charge in [0.05, 0.1) is 37.4 Å². The minimum Gasteiger partial charge on any atom is -0.465 e. The number of carbonyl (C=O) groups is 1. The molecule has 0 bridgehead atoms. The lowest BCUT2D eigenvalue weighted by Gasteiger charge is -2.71. The zero-order valence-corrected chi connectivity index (χ0v) is 40.9. The fourth-order valence-corrected chi connectivity index (χ4v) is 15.1. The van der Waals surface area contributed by atoms with Gasteiger partial charge in [-0.05, 0) is 116 Å². The standard InChI is InChI=1S/C50H82O17/c1-25-33(53)36(56)38(58)41(63-25)67-40-35(55)29(65-42-39(59)37(57)34(54)28(23-52)64-42)24-62-43(40)66-32-13-14-47(6)30(46(32,4)5)12-15-49(8)31(47)11-10-26-27-22-45(2,3)16-18-50(27,19-17-48(26,49)7)44(60)61-21-9-20-51/h10,25,27-43,51-59H,9,11-24H2,1-8H3/t25-,27-,28+,29-,30-,31+,32-,33-,34+,35-,36+,37-,38+,39+,40+,41-,42-,43-,47-,48+,49+,50-/m0/s1. The van der Waals surface area contributed by atoms with E-state index in [0.717, 1.165) is 57.8 Å². The summed E-state index contributed by atoms with van der Waals surface area (Å²) in [7, 11) is 0. The Hall–Kier alpha value is -1.39. The van der Waals surface area contributed by atoms with Gasteiger partial charge in [-0.25, -0.2) is 0 Å². The lowest BCUT2D eigenvalue weighted by Crippen LogP contribution is -2.66. The highest BCUT2D eigenvalue weighted by Crippen LogP contribution is 2.76. The average molecular weight is 955 g/mol. The Kier molecular flexibility index (Phi) is 14.7. The molecule has 3 saturated heterocycles. The summed E-state index contributed by atoms with van der Waals surface area (Å²) in [5.74, 6) is 0.579. The van der Waals surface area contributed by atoms with Gasteiger partial charge in [-0.2, -0.15) is 0 Å². The van der Waals surface area contributed by atoms with Crippen LogP contribution in [0.5, 0.6) is 0 Å². The number of ether oxygens (including phenoxy) is 7. The number of rotatable bonds is 11. The van der Waals surface area contributed by atoms with E-state index >= 15 is 0 Å². The van der Waals surface area contributed by atoms with Crippen molar-refractivity contribution >= 4 is 5.97 Å². The van der Waals surface area contributed by atoms with Crippen molar-refractivity contribution in [3.8, 4) is 0 Å². The molecule has 67 heavy (non-hydrogen) atoms. The molecule has 384 valence electrons. The van der Waals surface area contributed by atoms with Crippen molar-refractivity contribution in [1.82, 2.24) is 0 Å². The Labute approximate surface area is 395 Å². The molecule has 7 fully saturated rings. The van der Waals surface area contributed by atoms with Gasteiger partial charge in [-0.3, -0.25) is 4.79 Å². The number of esters is 1. The van der Waals surface area contributed by atoms with E-state index in [1.807, 2.05) is 0 Å². The molecule has 3 aliphatic heterocycles. The molecule has 5 aliphatic carbocycles. The molecule has 8 rings (SSSR count). The summed E-state index contributed by atoms with van der Waals surface area (Å²) in [5, 5.41) is 94.9. The molecule has 0 spiro atoms. The number of allylic oxidation sites excluding steroid dienone is 2. The average Bonchev–Trinajstić information content (AvgIpc) is 3.27. The van der Waals surface area contributed by atoms with Crippen LogP contribution >= 0.6 is 0 Å². The van der Waals surface area contributed by atoms with E-state index in [0.29, 0.717) is 18.8 Å². The van der Waals surface area contributed by atoms with Crippen LogP contribution in [0.25, 0.3) is 0 Å². The largest absolute Gasteiger partial charge is 0.465 e. The summed E-state index contributed by atoms with van der Waals surface area (Å²) in [6.45, 7) is 17.4. The molecular weight excluding hydrogens is 873 g/mol. The van der Waals surface area contributed by atoms with E-state index in [2.05, 4.69) is 54.5 Å². The van der Waals surface area contributed by atoms with Crippen LogP contribution in [0.1, 0.15) is 126 Å². The Morgan fingerprint density at radius 3 is 2.07 bits per heavy atom. The molecular formula is C50H82O17. The number of aliphatic hydroxyl groups is 9. The van der Waals surface area contributed by atoms with Gasteiger partial charge in [0.15, 0.2) is 18.9 Å². The third-order valence-electron chi connectivity index (χ3n) is 19.5. The monoisotopic (exact) mass is 955 g/mol. The first-order chi connectivity index (χ1) is 31.4. The summed E-state index contributed by atoms with van der Waals surface area (Å²) >= 11 is 0. The van der Waals surface area contributed by atoms with Crippen LogP contribution in [0.4, 0.5) is 0 Å². The first-order valence-corrected chi connectivity index (χ1v) is 25.2. The first kappa shape index (κ1) is 51.9. The second-order valence-corrected chi connectivity index (χ2v) is 23.9. The number of hydrogen-bond donors (Lipinski definition) is 9. The highest BCUT2D eigenvalue weighted by molar-refractivity contribution is 5.78. The van der Waals surface area contributed by atoms with E-state index in [9.17, 15) is 50.8 Å². The van der Waals surface area contributed by atoms with Crippen molar-refractivity contribution in [1.29, 1.82) is 0 Å². The second kappa shape index (κ2) is 18.9. The van der Waals surface area contributed by atoms with Crippen molar-refractivity contribution < 1.29 is 83.9 Å². The maximum atomic E-state index is 14.2. The fourth-order valence-electron chi connectivity index (χ4n) is 15.1. The molecule has 0 unspecified atom stereocenters. The molecule has 8 aliphatic rings. The maximum Gasteiger partial charge on any atom is 0.312 e. The molecule has 22 atom stereocenters. The Morgan fingerprint density at radius 2 is 1.39 bits per heavy atom. The van der Waals surface area contributed by atoms with Gasteiger partial charge in [0.1, 0.15) is 61.0 Å². The van der Waals surface area contributed by atoms with Gasteiger partial charge in [0.25, 0.3) is 0 Å². The van der Waals surface area contributed by atoms with Gasteiger partial charge in [-0.1, -0.05) is 60.1 Å². The zero-order chi connectivity index (χ0) is 48.8. The molecule has 9 N–H and O–H groups in total. The molecule has 0 amide bonds. The lowest BCUT2D eigenvalue weighted by atomic mass is 9.33. The zero-order valence-electron chi connectivity index (χ0n) is 40.9. The lowest BCUT2D eigenvalue weighted by molar-refractivity contribution is -0.380. The number of carbonyl (C=O) groups excluding carboxylic acids is 1. The Bertz CT molecular complexity index is 1790. The van der Waals surface area contributed by atoms with Crippen LogP contribution in [-0.2, 0) is 38.0 Å². The summed E-state index contributed by atoms with van der Waals surface area (Å²) in [5.41, 5.74) is 0.332. The smallest absolute Gasteiger partial charge is 0.312 e. The Morgan fingerprint density at radius 1 is 0.716 bits per heavy atom. The summed E-state index contributed by atoms with van der Waals surface area (Å²) < 4.78 is 42.8. The van der Waals surface area contributed by atoms with Gasteiger partial charge in [0.2, 0.25) is 0 Å². The fraction of sp³-hybridized carbons (Fsp3) is 0.940. The highest BCUT2D eigenvalue weighted by Gasteiger charge is 2.70. The van der Waals surface area contributed by atoms with Crippen molar-refractivity contribution in [2.75, 3.05) is 26.4 Å². The van der Waals surface area contributed by atoms with Crippen molar-refractivity contribution in [3.05, 3.63) is 11.6 Å². The van der Waals surface area contributed by atoms with Gasteiger partial charge >= 0.3 is 5.97 Å². The van der Waals surface area contributed by atoms with E-state index in [1.165, 1.54) is 12.5 Å². The van der Waals surface area contributed by atoms with Crippen molar-refractivity contribution in [2.45, 2.75) is 218 Å². The Balaban J connectivity index is 1.03. The summed E-state index contributed by atoms with van der Waals surface area (Å²) in [6.07, 6.45) is -9.29. The number of aliphatic hydroxyl groups excluding tert-OH is 9. The minimum absolute atomic E-state index is 0.0129. The normalized spacial score (nSPS) is 51.6. The summed E-state index contributed by atoms with van der Waals surface area (Å²) in [6, 6.07) is 0. The SMILES string of the molecule is C[C@@H]1O[C@@H](O[C@H]2[C@H](O[C@H]3CC[C@]4(C)[C@H]5CC=C6[C@@H]7CC(C)(C)CC[C@]7(C(=O)OCCCO)CC[C@@]6(C)[C@]5(C)CC[C@H]4C3(C)C)OC[C@H](O[C@@H]3O[C@H](CO)[C@@H](O)[C@H](O)[C@H]3O)[C@@H]2O)[C@H](O)[C@H](O)[C@H]1O. The molecule has 17 heteroatoms. The third kappa shape index (κ3) is 8.60. The van der Waals surface area contributed by atoms with Crippen LogP contribution < -0.4 is 0 Å². The van der Waals surface area contributed by atoms with Crippen LogP contribution in [0.2, 0.25) is 0 Å². The molecule has 0 aromatic heterocycles. The van der Waals surface area contributed by atoms with E-state index in [-0.39, 0.29) is 65.4 Å². The summed E-state index contributed by atoms with van der Waals surface area (Å²) in [4.78, 5) is 14.2. The maximum absolute atomic E-state index is 14.2. The minimum atomic E-state index is -1.75. The molecule has 0 radical (unpaired) electrons. The number of hydrogen-bond acceptors (Lipinski definition) is 17. The van der Waals surface area contributed by atoms with Crippen molar-refractivity contribution in [2.24, 2.45) is 50.2 Å². The second-order valence-electron chi connectivity index (χ2n) is 23.9. The topological polar surface area (TPSA) is 264 Å². The van der Waals surface area contributed by atoms with Crippen LogP contribution in [0, 0.1) is 50.2 Å². The van der Waals surface area contributed by atoms with Crippen LogP contribution in [-0.4, -0.2) is 170 Å². The molecule has 4 saturated carbocycles. The molecule has 17 nitrogen and oxygen atoms in total. The molecule has 0 aromatic rings. The highest BCUT2D eigenvalue weighted by atomic mass is 16.8. The van der Waals surface area contributed by atoms with Gasteiger partial charge < -0.3 is 79.1 Å². The van der Waals surface area contributed by atoms with Crippen LogP contribution in [0.15, 0.2) is 11.6 Å². The van der Waals surface area contributed by atoms with E-state index in [4.69, 9.17) is 33.2 Å². The molecule has 0 aromatic carbocycles.